The molecule has 1 unspecified atom stereocenters. The molecule has 16 heavy (non-hydrogen) atoms. The molecule has 0 saturated carbocycles. The van der Waals surface area contributed by atoms with Crippen LogP contribution in [0.25, 0.3) is 0 Å². The van der Waals surface area contributed by atoms with E-state index in [9.17, 15) is 0 Å². The first-order valence-corrected chi connectivity index (χ1v) is 5.43. The average Bonchev–Trinajstić information content (AvgIpc) is 2.31. The SMILES string of the molecule is CCOc1ccc(COC)cc1C(N)CN. The summed E-state index contributed by atoms with van der Waals surface area (Å²) in [7, 11) is 1.67. The molecule has 0 amide bonds. The van der Waals surface area contributed by atoms with Crippen LogP contribution in [-0.2, 0) is 11.3 Å². The van der Waals surface area contributed by atoms with Gasteiger partial charge in [-0.15, -0.1) is 0 Å². The zero-order chi connectivity index (χ0) is 12.0. The van der Waals surface area contributed by atoms with Crippen LogP contribution in [0.3, 0.4) is 0 Å². The van der Waals surface area contributed by atoms with E-state index >= 15 is 0 Å². The Labute approximate surface area is 96.5 Å². The second-order valence-electron chi connectivity index (χ2n) is 3.58. The van der Waals surface area contributed by atoms with E-state index in [2.05, 4.69) is 0 Å². The highest BCUT2D eigenvalue weighted by Gasteiger charge is 2.11. The van der Waals surface area contributed by atoms with Gasteiger partial charge in [-0.25, -0.2) is 0 Å². The maximum Gasteiger partial charge on any atom is 0.124 e. The Morgan fingerprint density at radius 3 is 2.69 bits per heavy atom. The highest BCUT2D eigenvalue weighted by atomic mass is 16.5. The lowest BCUT2D eigenvalue weighted by molar-refractivity contribution is 0.184. The smallest absolute Gasteiger partial charge is 0.124 e. The van der Waals surface area contributed by atoms with Gasteiger partial charge >= 0.3 is 0 Å². The van der Waals surface area contributed by atoms with Gasteiger partial charge in [0.05, 0.1) is 13.2 Å². The fourth-order valence-corrected chi connectivity index (χ4v) is 1.56. The first kappa shape index (κ1) is 13.0. The van der Waals surface area contributed by atoms with Gasteiger partial charge in [-0.2, -0.15) is 0 Å². The van der Waals surface area contributed by atoms with E-state index in [0.29, 0.717) is 19.8 Å². The van der Waals surface area contributed by atoms with Crippen molar-refractivity contribution in [1.82, 2.24) is 0 Å². The summed E-state index contributed by atoms with van der Waals surface area (Å²) in [4.78, 5) is 0. The van der Waals surface area contributed by atoms with Gasteiger partial charge in [-0.05, 0) is 24.6 Å². The number of ether oxygens (including phenoxy) is 2. The number of rotatable bonds is 6. The highest BCUT2D eigenvalue weighted by Crippen LogP contribution is 2.25. The molecule has 0 bridgehead atoms. The summed E-state index contributed by atoms with van der Waals surface area (Å²) >= 11 is 0. The van der Waals surface area contributed by atoms with Crippen LogP contribution in [0.5, 0.6) is 5.75 Å². The molecule has 0 radical (unpaired) electrons. The summed E-state index contributed by atoms with van der Waals surface area (Å²) < 4.78 is 10.6. The monoisotopic (exact) mass is 224 g/mol. The first-order valence-electron chi connectivity index (χ1n) is 5.43. The second-order valence-corrected chi connectivity index (χ2v) is 3.58. The predicted octanol–water partition coefficient (Wildman–Crippen LogP) is 1.19. The van der Waals surface area contributed by atoms with Crippen molar-refractivity contribution in [2.75, 3.05) is 20.3 Å². The zero-order valence-corrected chi connectivity index (χ0v) is 9.90. The lowest BCUT2D eigenvalue weighted by Gasteiger charge is -2.16. The quantitative estimate of drug-likeness (QED) is 0.761. The van der Waals surface area contributed by atoms with Crippen LogP contribution in [0.4, 0.5) is 0 Å². The van der Waals surface area contributed by atoms with Crippen molar-refractivity contribution < 1.29 is 9.47 Å². The Morgan fingerprint density at radius 1 is 1.38 bits per heavy atom. The lowest BCUT2D eigenvalue weighted by atomic mass is 10.0. The van der Waals surface area contributed by atoms with E-state index in [1.807, 2.05) is 25.1 Å². The number of methoxy groups -OCH3 is 1. The van der Waals surface area contributed by atoms with Gasteiger partial charge in [-0.3, -0.25) is 0 Å². The van der Waals surface area contributed by atoms with Gasteiger partial charge < -0.3 is 20.9 Å². The fraction of sp³-hybridized carbons (Fsp3) is 0.500. The van der Waals surface area contributed by atoms with Gasteiger partial charge in [0.1, 0.15) is 5.75 Å². The molecule has 4 nitrogen and oxygen atoms in total. The molecule has 0 aliphatic heterocycles. The maximum absolute atomic E-state index is 5.94. The number of benzene rings is 1. The molecular weight excluding hydrogens is 204 g/mol. The lowest BCUT2D eigenvalue weighted by Crippen LogP contribution is -2.21. The fourth-order valence-electron chi connectivity index (χ4n) is 1.56. The van der Waals surface area contributed by atoms with Crippen LogP contribution >= 0.6 is 0 Å². The molecule has 1 aromatic rings. The van der Waals surface area contributed by atoms with Gasteiger partial charge in [-0.1, -0.05) is 6.07 Å². The normalized spacial score (nSPS) is 12.5. The minimum Gasteiger partial charge on any atom is -0.494 e. The van der Waals surface area contributed by atoms with E-state index in [4.69, 9.17) is 20.9 Å². The largest absolute Gasteiger partial charge is 0.494 e. The summed E-state index contributed by atoms with van der Waals surface area (Å²) in [6, 6.07) is 5.69. The van der Waals surface area contributed by atoms with Gasteiger partial charge in [0.2, 0.25) is 0 Å². The molecule has 1 aromatic carbocycles. The Bertz CT molecular complexity index is 329. The predicted molar refractivity (Wildman–Crippen MR) is 64.3 cm³/mol. The molecule has 0 aromatic heterocycles. The van der Waals surface area contributed by atoms with Crippen LogP contribution in [0, 0.1) is 0 Å². The van der Waals surface area contributed by atoms with Gasteiger partial charge in [0.25, 0.3) is 0 Å². The highest BCUT2D eigenvalue weighted by molar-refractivity contribution is 5.39. The third-order valence-electron chi connectivity index (χ3n) is 2.34. The van der Waals surface area contributed by atoms with E-state index < -0.39 is 0 Å². The second kappa shape index (κ2) is 6.48. The summed E-state index contributed by atoms with van der Waals surface area (Å²) in [6.07, 6.45) is 0. The van der Waals surface area contributed by atoms with E-state index in [1.165, 1.54) is 0 Å². The number of hydrogen-bond donors (Lipinski definition) is 2. The van der Waals surface area contributed by atoms with Crippen LogP contribution in [0.2, 0.25) is 0 Å². The molecule has 4 heteroatoms. The molecule has 4 N–H and O–H groups in total. The van der Waals surface area contributed by atoms with Crippen LogP contribution < -0.4 is 16.2 Å². The summed E-state index contributed by atoms with van der Waals surface area (Å²) in [6.45, 7) is 3.53. The van der Waals surface area contributed by atoms with E-state index in [1.54, 1.807) is 7.11 Å². The van der Waals surface area contributed by atoms with Crippen molar-refractivity contribution in [3.05, 3.63) is 29.3 Å². The van der Waals surface area contributed by atoms with Gasteiger partial charge in [0.15, 0.2) is 0 Å². The Kier molecular flexibility index (Phi) is 5.25. The molecule has 0 aliphatic rings. The van der Waals surface area contributed by atoms with Gasteiger partial charge in [0, 0.05) is 25.3 Å². The summed E-state index contributed by atoms with van der Waals surface area (Å²) in [5.74, 6) is 0.806. The Balaban J connectivity index is 3.00. The average molecular weight is 224 g/mol. The molecule has 1 rings (SSSR count). The molecular formula is C12H20N2O2. The molecule has 0 heterocycles. The van der Waals surface area contributed by atoms with Crippen molar-refractivity contribution in [3.63, 3.8) is 0 Å². The standard InChI is InChI=1S/C12H20N2O2/c1-3-16-12-5-4-9(8-15-2)6-10(12)11(14)7-13/h4-6,11H,3,7-8,13-14H2,1-2H3. The number of nitrogens with two attached hydrogens (primary N) is 2. The van der Waals surface area contributed by atoms with Crippen molar-refractivity contribution >= 4 is 0 Å². The van der Waals surface area contributed by atoms with Crippen LogP contribution in [-0.4, -0.2) is 20.3 Å². The summed E-state index contributed by atoms with van der Waals surface area (Å²) in [5.41, 5.74) is 13.5. The molecule has 90 valence electrons. The molecule has 0 spiro atoms. The minimum absolute atomic E-state index is 0.196. The van der Waals surface area contributed by atoms with Crippen molar-refractivity contribution in [3.8, 4) is 5.75 Å². The maximum atomic E-state index is 5.94. The molecule has 0 saturated heterocycles. The molecule has 0 fully saturated rings. The Morgan fingerprint density at radius 2 is 2.12 bits per heavy atom. The zero-order valence-electron chi connectivity index (χ0n) is 9.90. The topological polar surface area (TPSA) is 70.5 Å². The first-order chi connectivity index (χ1) is 7.72. The van der Waals surface area contributed by atoms with E-state index in [0.717, 1.165) is 16.9 Å². The van der Waals surface area contributed by atoms with Crippen LogP contribution in [0.1, 0.15) is 24.1 Å². The van der Waals surface area contributed by atoms with E-state index in [-0.39, 0.29) is 6.04 Å². The van der Waals surface area contributed by atoms with Crippen molar-refractivity contribution in [2.24, 2.45) is 11.5 Å². The Hall–Kier alpha value is -1.10. The van der Waals surface area contributed by atoms with Crippen molar-refractivity contribution in [1.29, 1.82) is 0 Å². The molecule has 0 aliphatic carbocycles. The van der Waals surface area contributed by atoms with Crippen LogP contribution in [0.15, 0.2) is 18.2 Å². The third-order valence-corrected chi connectivity index (χ3v) is 2.34. The minimum atomic E-state index is -0.196. The molecule has 1 atom stereocenters. The number of hydrogen-bond acceptors (Lipinski definition) is 4. The summed E-state index contributed by atoms with van der Waals surface area (Å²) in [5, 5.41) is 0. The van der Waals surface area contributed by atoms with Crippen molar-refractivity contribution in [2.45, 2.75) is 19.6 Å². The third kappa shape index (κ3) is 3.20.